The number of aryl methyl sites for hydroxylation is 1. The first-order valence-electron chi connectivity index (χ1n) is 6.59. The van der Waals surface area contributed by atoms with E-state index in [2.05, 4.69) is 4.98 Å². The molecule has 0 spiro atoms. The van der Waals surface area contributed by atoms with Crippen molar-refractivity contribution in [1.29, 1.82) is 0 Å². The van der Waals surface area contributed by atoms with Crippen molar-refractivity contribution < 1.29 is 14.2 Å². The fourth-order valence-corrected chi connectivity index (χ4v) is 2.34. The Kier molecular flexibility index (Phi) is 4.65. The summed E-state index contributed by atoms with van der Waals surface area (Å²) in [6.45, 7) is 2.00. The Morgan fingerprint density at radius 1 is 0.952 bits per heavy atom. The molecular weight excluding hydrogens is 268 g/mol. The number of benzene rings is 1. The van der Waals surface area contributed by atoms with E-state index < -0.39 is 0 Å². The van der Waals surface area contributed by atoms with Gasteiger partial charge in [0.2, 0.25) is 5.75 Å². The van der Waals surface area contributed by atoms with Crippen LogP contribution in [0.5, 0.6) is 17.2 Å². The van der Waals surface area contributed by atoms with E-state index in [9.17, 15) is 0 Å². The number of methoxy groups -OCH3 is 3. The average Bonchev–Trinajstić information content (AvgIpc) is 2.52. The molecule has 0 aliphatic rings. The number of nitrogens with zero attached hydrogens (tertiary/aromatic N) is 1. The number of ether oxygens (including phenoxy) is 3. The summed E-state index contributed by atoms with van der Waals surface area (Å²) in [5.74, 6) is 1.72. The number of aromatic nitrogens is 1. The number of rotatable bonds is 5. The van der Waals surface area contributed by atoms with E-state index in [1.807, 2.05) is 25.1 Å². The first-order chi connectivity index (χ1) is 10.1. The van der Waals surface area contributed by atoms with Crippen molar-refractivity contribution >= 4 is 0 Å². The molecule has 1 aromatic heterocycles. The maximum absolute atomic E-state index is 6.39. The minimum Gasteiger partial charge on any atom is -0.493 e. The van der Waals surface area contributed by atoms with Crippen LogP contribution in [0.2, 0.25) is 0 Å². The molecule has 5 nitrogen and oxygen atoms in total. The van der Waals surface area contributed by atoms with Crippen molar-refractivity contribution in [1.82, 2.24) is 4.98 Å². The Morgan fingerprint density at radius 3 is 2.24 bits per heavy atom. The van der Waals surface area contributed by atoms with Crippen molar-refractivity contribution in [3.8, 4) is 17.2 Å². The van der Waals surface area contributed by atoms with Crippen LogP contribution in [0.25, 0.3) is 0 Å². The van der Waals surface area contributed by atoms with Crippen LogP contribution in [0.1, 0.15) is 22.7 Å². The van der Waals surface area contributed by atoms with Crippen molar-refractivity contribution in [3.63, 3.8) is 0 Å². The first-order valence-corrected chi connectivity index (χ1v) is 6.59. The molecule has 0 aliphatic carbocycles. The Balaban J connectivity index is 2.56. The smallest absolute Gasteiger partial charge is 0.203 e. The molecule has 0 saturated carbocycles. The predicted molar refractivity (Wildman–Crippen MR) is 81.1 cm³/mol. The summed E-state index contributed by atoms with van der Waals surface area (Å²) in [6, 6.07) is 5.29. The molecule has 21 heavy (non-hydrogen) atoms. The number of nitrogens with two attached hydrogens (primary N) is 1. The lowest BCUT2D eigenvalue weighted by Gasteiger charge is -2.20. The van der Waals surface area contributed by atoms with Gasteiger partial charge in [-0.15, -0.1) is 0 Å². The van der Waals surface area contributed by atoms with Gasteiger partial charge in [-0.2, -0.15) is 0 Å². The van der Waals surface area contributed by atoms with Gasteiger partial charge in [0.1, 0.15) is 0 Å². The second-order valence-corrected chi connectivity index (χ2v) is 4.63. The van der Waals surface area contributed by atoms with E-state index >= 15 is 0 Å². The van der Waals surface area contributed by atoms with Gasteiger partial charge in [0.05, 0.1) is 27.4 Å². The van der Waals surface area contributed by atoms with Crippen LogP contribution in [-0.4, -0.2) is 26.3 Å². The normalized spacial score (nSPS) is 11.9. The van der Waals surface area contributed by atoms with Crippen molar-refractivity contribution in [2.24, 2.45) is 5.73 Å². The Labute approximate surface area is 124 Å². The summed E-state index contributed by atoms with van der Waals surface area (Å²) in [7, 11) is 4.75. The number of hydrogen-bond donors (Lipinski definition) is 1. The maximum atomic E-state index is 6.39. The predicted octanol–water partition coefficient (Wildman–Crippen LogP) is 2.46. The van der Waals surface area contributed by atoms with Crippen LogP contribution in [0, 0.1) is 6.92 Å². The van der Waals surface area contributed by atoms with Gasteiger partial charge in [0.25, 0.3) is 0 Å². The lowest BCUT2D eigenvalue weighted by atomic mass is 9.96. The summed E-state index contributed by atoms with van der Waals surface area (Å²) in [5.41, 5.74) is 9.24. The molecule has 1 atom stereocenters. The molecule has 0 amide bonds. The summed E-state index contributed by atoms with van der Waals surface area (Å²) in [4.78, 5) is 4.15. The molecule has 1 aromatic carbocycles. The third-order valence-electron chi connectivity index (χ3n) is 3.48. The van der Waals surface area contributed by atoms with Crippen LogP contribution in [0.15, 0.2) is 30.6 Å². The zero-order valence-corrected chi connectivity index (χ0v) is 12.7. The molecule has 0 bridgehead atoms. The van der Waals surface area contributed by atoms with Crippen LogP contribution in [-0.2, 0) is 0 Å². The third kappa shape index (κ3) is 2.78. The molecule has 2 rings (SSSR count). The highest BCUT2D eigenvalue weighted by atomic mass is 16.5. The minimum absolute atomic E-state index is 0.353. The van der Waals surface area contributed by atoms with E-state index in [1.54, 1.807) is 33.7 Å². The van der Waals surface area contributed by atoms with Crippen LogP contribution < -0.4 is 19.9 Å². The third-order valence-corrected chi connectivity index (χ3v) is 3.48. The SMILES string of the molecule is COc1ccc(C(N)c2cnccc2C)c(OC)c1OC. The zero-order valence-electron chi connectivity index (χ0n) is 12.7. The van der Waals surface area contributed by atoms with Crippen molar-refractivity contribution in [2.45, 2.75) is 13.0 Å². The molecule has 2 N–H and O–H groups in total. The molecule has 0 saturated heterocycles. The molecule has 0 radical (unpaired) electrons. The lowest BCUT2D eigenvalue weighted by Crippen LogP contribution is -2.15. The van der Waals surface area contributed by atoms with E-state index in [1.165, 1.54) is 0 Å². The van der Waals surface area contributed by atoms with Gasteiger partial charge in [-0.3, -0.25) is 4.98 Å². The Bertz CT molecular complexity index is 629. The zero-order chi connectivity index (χ0) is 15.4. The highest BCUT2D eigenvalue weighted by Crippen LogP contribution is 2.42. The monoisotopic (exact) mass is 288 g/mol. The Hall–Kier alpha value is -2.27. The molecule has 0 fully saturated rings. The van der Waals surface area contributed by atoms with E-state index in [-0.39, 0.29) is 6.04 Å². The van der Waals surface area contributed by atoms with Gasteiger partial charge in [-0.1, -0.05) is 0 Å². The summed E-state index contributed by atoms with van der Waals surface area (Å²) >= 11 is 0. The largest absolute Gasteiger partial charge is 0.493 e. The standard InChI is InChI=1S/C16H20N2O3/c1-10-7-8-18-9-12(10)14(17)11-5-6-13(19-2)16(21-4)15(11)20-3/h5-9,14H,17H2,1-4H3. The topological polar surface area (TPSA) is 66.6 Å². The highest BCUT2D eigenvalue weighted by Gasteiger charge is 2.22. The fourth-order valence-electron chi connectivity index (χ4n) is 2.34. The molecular formula is C16H20N2O3. The summed E-state index contributed by atoms with van der Waals surface area (Å²) in [5, 5.41) is 0. The Morgan fingerprint density at radius 2 is 1.67 bits per heavy atom. The van der Waals surface area contributed by atoms with E-state index in [0.29, 0.717) is 17.2 Å². The van der Waals surface area contributed by atoms with Crippen LogP contribution >= 0.6 is 0 Å². The van der Waals surface area contributed by atoms with Gasteiger partial charge in [-0.05, 0) is 36.2 Å². The molecule has 2 aromatic rings. The van der Waals surface area contributed by atoms with Crippen molar-refractivity contribution in [3.05, 3.63) is 47.3 Å². The second kappa shape index (κ2) is 6.45. The van der Waals surface area contributed by atoms with Gasteiger partial charge in [0, 0.05) is 18.0 Å². The van der Waals surface area contributed by atoms with Gasteiger partial charge < -0.3 is 19.9 Å². The van der Waals surface area contributed by atoms with Crippen LogP contribution in [0.3, 0.4) is 0 Å². The summed E-state index contributed by atoms with van der Waals surface area (Å²) < 4.78 is 16.2. The minimum atomic E-state index is -0.353. The van der Waals surface area contributed by atoms with Crippen LogP contribution in [0.4, 0.5) is 0 Å². The molecule has 5 heteroatoms. The fraction of sp³-hybridized carbons (Fsp3) is 0.312. The number of hydrogen-bond acceptors (Lipinski definition) is 5. The summed E-state index contributed by atoms with van der Waals surface area (Å²) in [6.07, 6.45) is 3.52. The van der Waals surface area contributed by atoms with Gasteiger partial charge in [0.15, 0.2) is 11.5 Å². The highest BCUT2D eigenvalue weighted by molar-refractivity contribution is 5.58. The van der Waals surface area contributed by atoms with Gasteiger partial charge in [-0.25, -0.2) is 0 Å². The lowest BCUT2D eigenvalue weighted by molar-refractivity contribution is 0.321. The molecule has 0 aliphatic heterocycles. The second-order valence-electron chi connectivity index (χ2n) is 4.63. The van der Waals surface area contributed by atoms with Crippen molar-refractivity contribution in [2.75, 3.05) is 21.3 Å². The van der Waals surface area contributed by atoms with E-state index in [0.717, 1.165) is 16.7 Å². The quantitative estimate of drug-likeness (QED) is 0.915. The molecule has 1 unspecified atom stereocenters. The molecule has 112 valence electrons. The first kappa shape index (κ1) is 15.1. The average molecular weight is 288 g/mol. The number of pyridine rings is 1. The van der Waals surface area contributed by atoms with E-state index in [4.69, 9.17) is 19.9 Å². The van der Waals surface area contributed by atoms with Gasteiger partial charge >= 0.3 is 0 Å². The maximum Gasteiger partial charge on any atom is 0.203 e. The molecule has 1 heterocycles.